The van der Waals surface area contributed by atoms with Crippen molar-refractivity contribution in [2.45, 2.75) is 18.2 Å². The first-order valence-corrected chi connectivity index (χ1v) is 8.16. The van der Waals surface area contributed by atoms with Crippen LogP contribution in [0, 0.1) is 0 Å². The van der Waals surface area contributed by atoms with Crippen molar-refractivity contribution in [3.63, 3.8) is 0 Å². The lowest BCUT2D eigenvalue weighted by molar-refractivity contribution is 0.483. The predicted molar refractivity (Wildman–Crippen MR) is 79.9 cm³/mol. The van der Waals surface area contributed by atoms with Crippen LogP contribution in [-0.4, -0.2) is 14.7 Å². The van der Waals surface area contributed by atoms with Gasteiger partial charge in [-0.05, 0) is 36.2 Å². The molecule has 2 N–H and O–H groups in total. The van der Waals surface area contributed by atoms with Crippen molar-refractivity contribution in [1.29, 1.82) is 0 Å². The third kappa shape index (κ3) is 3.11. The number of hydrogen-bond acceptors (Lipinski definition) is 4. The third-order valence-corrected chi connectivity index (χ3v) is 4.12. The molecule has 0 aliphatic rings. The van der Waals surface area contributed by atoms with Crippen molar-refractivity contribution in [1.82, 2.24) is 0 Å². The Morgan fingerprint density at radius 3 is 2.50 bits per heavy atom. The standard InChI is InChI=1S/C15H17NO3S/c1-3-11-6-4-7-12(10-11)19-13-8-5-9-14(15(13)16)20(2,17)18/h4-10H,3,16H2,1-2H3. The summed E-state index contributed by atoms with van der Waals surface area (Å²) >= 11 is 0. The Bertz CT molecular complexity index is 724. The van der Waals surface area contributed by atoms with E-state index in [9.17, 15) is 8.42 Å². The predicted octanol–water partition coefficient (Wildman–Crippen LogP) is 3.03. The molecule has 0 aliphatic carbocycles. The normalized spacial score (nSPS) is 11.3. The summed E-state index contributed by atoms with van der Waals surface area (Å²) in [5, 5.41) is 0. The van der Waals surface area contributed by atoms with Crippen molar-refractivity contribution in [2.75, 3.05) is 12.0 Å². The molecule has 0 heterocycles. The summed E-state index contributed by atoms with van der Waals surface area (Å²) in [5.41, 5.74) is 7.16. The molecular formula is C15H17NO3S. The van der Waals surface area contributed by atoms with Gasteiger partial charge in [0.15, 0.2) is 15.6 Å². The zero-order valence-corrected chi connectivity index (χ0v) is 12.3. The van der Waals surface area contributed by atoms with Gasteiger partial charge in [0.2, 0.25) is 0 Å². The lowest BCUT2D eigenvalue weighted by Crippen LogP contribution is -2.03. The van der Waals surface area contributed by atoms with Gasteiger partial charge < -0.3 is 10.5 Å². The number of rotatable bonds is 4. The van der Waals surface area contributed by atoms with Gasteiger partial charge in [0.1, 0.15) is 5.75 Å². The number of sulfone groups is 1. The Labute approximate surface area is 119 Å². The molecule has 0 spiro atoms. The minimum atomic E-state index is -3.37. The van der Waals surface area contributed by atoms with Crippen LogP contribution >= 0.6 is 0 Å². The molecule has 20 heavy (non-hydrogen) atoms. The summed E-state index contributed by atoms with van der Waals surface area (Å²) in [5.74, 6) is 0.989. The number of anilines is 1. The van der Waals surface area contributed by atoms with E-state index < -0.39 is 9.84 Å². The van der Waals surface area contributed by atoms with E-state index in [1.807, 2.05) is 24.3 Å². The highest BCUT2D eigenvalue weighted by Gasteiger charge is 2.15. The highest BCUT2D eigenvalue weighted by molar-refractivity contribution is 7.90. The lowest BCUT2D eigenvalue weighted by Gasteiger charge is -2.11. The fourth-order valence-electron chi connectivity index (χ4n) is 1.89. The van der Waals surface area contributed by atoms with Crippen LogP contribution in [0.2, 0.25) is 0 Å². The van der Waals surface area contributed by atoms with Gasteiger partial charge in [-0.15, -0.1) is 0 Å². The molecule has 0 atom stereocenters. The zero-order chi connectivity index (χ0) is 14.8. The molecule has 2 aromatic carbocycles. The van der Waals surface area contributed by atoms with Gasteiger partial charge >= 0.3 is 0 Å². The molecule has 0 unspecified atom stereocenters. The first kappa shape index (κ1) is 14.4. The Hall–Kier alpha value is -2.01. The van der Waals surface area contributed by atoms with Crippen molar-refractivity contribution < 1.29 is 13.2 Å². The monoisotopic (exact) mass is 291 g/mol. The summed E-state index contributed by atoms with van der Waals surface area (Å²) in [6.45, 7) is 2.05. The molecule has 0 radical (unpaired) electrons. The summed E-state index contributed by atoms with van der Waals surface area (Å²) in [7, 11) is -3.37. The summed E-state index contributed by atoms with van der Waals surface area (Å²) < 4.78 is 28.9. The largest absolute Gasteiger partial charge is 0.455 e. The van der Waals surface area contributed by atoms with E-state index in [4.69, 9.17) is 10.5 Å². The first-order chi connectivity index (χ1) is 9.41. The van der Waals surface area contributed by atoms with Gasteiger partial charge in [0, 0.05) is 6.26 Å². The molecule has 5 heteroatoms. The molecule has 0 saturated carbocycles. The molecule has 2 aromatic rings. The van der Waals surface area contributed by atoms with Crippen LogP contribution in [0.15, 0.2) is 47.4 Å². The van der Waals surface area contributed by atoms with Crippen molar-refractivity contribution in [2.24, 2.45) is 0 Å². The summed E-state index contributed by atoms with van der Waals surface area (Å²) in [6.07, 6.45) is 2.02. The molecule has 0 fully saturated rings. The average molecular weight is 291 g/mol. The quantitative estimate of drug-likeness (QED) is 0.879. The SMILES string of the molecule is CCc1cccc(Oc2cccc(S(C)(=O)=O)c2N)c1. The molecule has 0 aromatic heterocycles. The number of aryl methyl sites for hydroxylation is 1. The van der Waals surface area contributed by atoms with Gasteiger partial charge in [-0.2, -0.15) is 0 Å². The minimum absolute atomic E-state index is 0.0849. The van der Waals surface area contributed by atoms with Crippen LogP contribution in [0.3, 0.4) is 0 Å². The minimum Gasteiger partial charge on any atom is -0.455 e. The van der Waals surface area contributed by atoms with Crippen molar-refractivity contribution >= 4 is 15.5 Å². The molecule has 2 rings (SSSR count). The number of nitrogen functional groups attached to an aromatic ring is 1. The highest BCUT2D eigenvalue weighted by Crippen LogP contribution is 2.32. The van der Waals surface area contributed by atoms with Crippen LogP contribution in [0.1, 0.15) is 12.5 Å². The third-order valence-electron chi connectivity index (χ3n) is 2.96. The van der Waals surface area contributed by atoms with E-state index in [-0.39, 0.29) is 10.6 Å². The van der Waals surface area contributed by atoms with E-state index in [2.05, 4.69) is 6.92 Å². The van der Waals surface area contributed by atoms with Crippen molar-refractivity contribution in [3.05, 3.63) is 48.0 Å². The number of hydrogen-bond donors (Lipinski definition) is 1. The second kappa shape index (κ2) is 5.54. The van der Waals surface area contributed by atoms with E-state index >= 15 is 0 Å². The maximum absolute atomic E-state index is 11.6. The fourth-order valence-corrected chi connectivity index (χ4v) is 2.72. The van der Waals surface area contributed by atoms with Gasteiger partial charge in [-0.25, -0.2) is 8.42 Å². The Kier molecular flexibility index (Phi) is 3.99. The summed E-state index contributed by atoms with van der Waals surface area (Å²) in [6, 6.07) is 12.4. The maximum atomic E-state index is 11.6. The smallest absolute Gasteiger partial charge is 0.177 e. The lowest BCUT2D eigenvalue weighted by atomic mass is 10.2. The first-order valence-electron chi connectivity index (χ1n) is 6.27. The van der Waals surface area contributed by atoms with Gasteiger partial charge in [-0.3, -0.25) is 0 Å². The molecule has 106 valence electrons. The number of para-hydroxylation sites is 1. The maximum Gasteiger partial charge on any atom is 0.177 e. The van der Waals surface area contributed by atoms with Crippen LogP contribution < -0.4 is 10.5 Å². The van der Waals surface area contributed by atoms with Gasteiger partial charge in [-0.1, -0.05) is 25.1 Å². The molecular weight excluding hydrogens is 274 g/mol. The zero-order valence-electron chi connectivity index (χ0n) is 11.5. The Morgan fingerprint density at radius 2 is 1.85 bits per heavy atom. The Balaban J connectivity index is 2.39. The van der Waals surface area contributed by atoms with E-state index in [0.717, 1.165) is 18.2 Å². The molecule has 0 saturated heterocycles. The second-order valence-electron chi connectivity index (χ2n) is 4.54. The molecule has 0 bridgehead atoms. The van der Waals surface area contributed by atoms with Crippen LogP contribution in [0.5, 0.6) is 11.5 Å². The number of ether oxygens (including phenoxy) is 1. The van der Waals surface area contributed by atoms with E-state index in [0.29, 0.717) is 11.5 Å². The van der Waals surface area contributed by atoms with Gasteiger partial charge in [0.05, 0.1) is 10.6 Å². The molecule has 0 amide bonds. The highest BCUT2D eigenvalue weighted by atomic mass is 32.2. The van der Waals surface area contributed by atoms with Gasteiger partial charge in [0.25, 0.3) is 0 Å². The number of benzene rings is 2. The van der Waals surface area contributed by atoms with Crippen molar-refractivity contribution in [3.8, 4) is 11.5 Å². The average Bonchev–Trinajstić information content (AvgIpc) is 2.40. The molecule has 4 nitrogen and oxygen atoms in total. The molecule has 0 aliphatic heterocycles. The topological polar surface area (TPSA) is 69.4 Å². The Morgan fingerprint density at radius 1 is 1.15 bits per heavy atom. The number of nitrogens with two attached hydrogens (primary N) is 1. The van der Waals surface area contributed by atoms with Crippen LogP contribution in [-0.2, 0) is 16.3 Å². The van der Waals surface area contributed by atoms with E-state index in [1.165, 1.54) is 6.07 Å². The van der Waals surface area contributed by atoms with Crippen LogP contribution in [0.25, 0.3) is 0 Å². The van der Waals surface area contributed by atoms with E-state index in [1.54, 1.807) is 12.1 Å². The summed E-state index contributed by atoms with van der Waals surface area (Å²) in [4.78, 5) is 0.0849. The van der Waals surface area contributed by atoms with Crippen LogP contribution in [0.4, 0.5) is 5.69 Å². The second-order valence-corrected chi connectivity index (χ2v) is 6.53. The fraction of sp³-hybridized carbons (Fsp3) is 0.200.